The first kappa shape index (κ1) is 13.0. The fraction of sp³-hybridized carbons (Fsp3) is 0.571. The maximum Gasteiger partial charge on any atom is 0.119 e. The van der Waals surface area contributed by atoms with Crippen LogP contribution in [0.15, 0.2) is 24.3 Å². The summed E-state index contributed by atoms with van der Waals surface area (Å²) in [5, 5.41) is 3.58. The van der Waals surface area contributed by atoms with Gasteiger partial charge in [-0.05, 0) is 37.1 Å². The zero-order valence-electron chi connectivity index (χ0n) is 10.6. The highest BCUT2D eigenvalue weighted by atomic mass is 16.5. The smallest absolute Gasteiger partial charge is 0.119 e. The quantitative estimate of drug-likeness (QED) is 0.760. The van der Waals surface area contributed by atoms with E-state index in [2.05, 4.69) is 37.4 Å². The van der Waals surface area contributed by atoms with Crippen LogP contribution < -0.4 is 10.1 Å². The molecular formula is C14H23NO. The summed E-state index contributed by atoms with van der Waals surface area (Å²) in [5.41, 5.74) is 1.33. The number of hydrogen-bond donors (Lipinski definition) is 1. The third-order valence-corrected chi connectivity index (χ3v) is 2.71. The first-order valence-electron chi connectivity index (χ1n) is 6.19. The maximum absolute atomic E-state index is 5.26. The van der Waals surface area contributed by atoms with Gasteiger partial charge in [0.1, 0.15) is 5.75 Å². The van der Waals surface area contributed by atoms with Crippen molar-refractivity contribution >= 4 is 0 Å². The minimum Gasteiger partial charge on any atom is -0.497 e. The van der Waals surface area contributed by atoms with Crippen LogP contribution in [0.1, 0.15) is 44.7 Å². The van der Waals surface area contributed by atoms with Crippen molar-refractivity contribution in [3.63, 3.8) is 0 Å². The average Bonchev–Trinajstić information content (AvgIpc) is 2.34. The number of methoxy groups -OCH3 is 1. The lowest BCUT2D eigenvalue weighted by Gasteiger charge is -2.18. The first-order chi connectivity index (χ1) is 7.81. The summed E-state index contributed by atoms with van der Waals surface area (Å²) in [6, 6.07) is 8.81. The van der Waals surface area contributed by atoms with Gasteiger partial charge < -0.3 is 10.1 Å². The Balaban J connectivity index is 2.73. The summed E-state index contributed by atoms with van der Waals surface area (Å²) in [4.78, 5) is 0. The molecule has 1 unspecified atom stereocenters. The third kappa shape index (κ3) is 3.86. The van der Waals surface area contributed by atoms with E-state index in [-0.39, 0.29) is 0 Å². The molecule has 0 aliphatic heterocycles. The topological polar surface area (TPSA) is 21.3 Å². The molecule has 0 aliphatic carbocycles. The van der Waals surface area contributed by atoms with Crippen molar-refractivity contribution in [2.75, 3.05) is 13.7 Å². The van der Waals surface area contributed by atoms with Gasteiger partial charge in [0.05, 0.1) is 7.11 Å². The highest BCUT2D eigenvalue weighted by Gasteiger charge is 2.09. The Hall–Kier alpha value is -1.02. The van der Waals surface area contributed by atoms with E-state index in [1.54, 1.807) is 7.11 Å². The van der Waals surface area contributed by atoms with E-state index in [1.165, 1.54) is 24.8 Å². The molecule has 0 amide bonds. The Kier molecular flexibility index (Phi) is 5.94. The Bertz CT molecular complexity index is 299. The van der Waals surface area contributed by atoms with Crippen molar-refractivity contribution in [2.24, 2.45) is 0 Å². The second-order valence-electron chi connectivity index (χ2n) is 4.07. The Labute approximate surface area is 99.0 Å². The molecule has 0 saturated carbocycles. The number of nitrogens with one attached hydrogen (secondary N) is 1. The van der Waals surface area contributed by atoms with Gasteiger partial charge >= 0.3 is 0 Å². The second kappa shape index (κ2) is 7.29. The van der Waals surface area contributed by atoms with Crippen LogP contribution in [0.5, 0.6) is 5.75 Å². The number of ether oxygens (including phenoxy) is 1. The lowest BCUT2D eigenvalue weighted by atomic mass is 10.0. The molecule has 2 nitrogen and oxygen atoms in total. The van der Waals surface area contributed by atoms with Crippen LogP contribution in [-0.4, -0.2) is 13.7 Å². The number of benzene rings is 1. The molecule has 90 valence electrons. The molecule has 1 rings (SSSR count). The summed E-state index contributed by atoms with van der Waals surface area (Å²) in [6.45, 7) is 5.49. The van der Waals surface area contributed by atoms with E-state index in [4.69, 9.17) is 4.74 Å². The molecule has 1 aromatic carbocycles. The molecule has 0 heterocycles. The van der Waals surface area contributed by atoms with Gasteiger partial charge in [0.15, 0.2) is 0 Å². The summed E-state index contributed by atoms with van der Waals surface area (Å²) in [5.74, 6) is 0.942. The molecule has 2 heteroatoms. The molecule has 16 heavy (non-hydrogen) atoms. The minimum atomic E-state index is 0.458. The lowest BCUT2D eigenvalue weighted by molar-refractivity contribution is 0.412. The van der Waals surface area contributed by atoms with E-state index in [0.29, 0.717) is 6.04 Å². The fourth-order valence-corrected chi connectivity index (χ4v) is 1.85. The first-order valence-corrected chi connectivity index (χ1v) is 6.19. The van der Waals surface area contributed by atoms with Gasteiger partial charge in [0.2, 0.25) is 0 Å². The van der Waals surface area contributed by atoms with E-state index in [0.717, 1.165) is 12.3 Å². The SMILES string of the molecule is CCCNC(CCC)c1cccc(OC)c1. The second-order valence-corrected chi connectivity index (χ2v) is 4.07. The molecule has 0 spiro atoms. The summed E-state index contributed by atoms with van der Waals surface area (Å²) in [6.07, 6.45) is 3.54. The van der Waals surface area contributed by atoms with Crippen molar-refractivity contribution in [1.82, 2.24) is 5.32 Å². The largest absolute Gasteiger partial charge is 0.497 e. The van der Waals surface area contributed by atoms with E-state index < -0.39 is 0 Å². The van der Waals surface area contributed by atoms with Gasteiger partial charge in [-0.1, -0.05) is 32.4 Å². The van der Waals surface area contributed by atoms with Crippen LogP contribution >= 0.6 is 0 Å². The van der Waals surface area contributed by atoms with Crippen LogP contribution in [0.25, 0.3) is 0 Å². The average molecular weight is 221 g/mol. The molecule has 0 aliphatic rings. The zero-order chi connectivity index (χ0) is 11.8. The molecule has 1 atom stereocenters. The van der Waals surface area contributed by atoms with Crippen LogP contribution in [-0.2, 0) is 0 Å². The molecule has 0 aromatic heterocycles. The van der Waals surface area contributed by atoms with E-state index in [1.807, 2.05) is 6.07 Å². The molecule has 0 fully saturated rings. The zero-order valence-corrected chi connectivity index (χ0v) is 10.6. The summed E-state index contributed by atoms with van der Waals surface area (Å²) in [7, 11) is 1.72. The minimum absolute atomic E-state index is 0.458. The lowest BCUT2D eigenvalue weighted by Crippen LogP contribution is -2.21. The monoisotopic (exact) mass is 221 g/mol. The molecule has 1 N–H and O–H groups in total. The molecule has 0 bridgehead atoms. The van der Waals surface area contributed by atoms with Gasteiger partial charge in [-0.25, -0.2) is 0 Å². The Morgan fingerprint density at radius 1 is 1.25 bits per heavy atom. The van der Waals surface area contributed by atoms with Crippen molar-refractivity contribution in [3.05, 3.63) is 29.8 Å². The van der Waals surface area contributed by atoms with Crippen LogP contribution in [0.4, 0.5) is 0 Å². The summed E-state index contributed by atoms with van der Waals surface area (Å²) < 4.78 is 5.26. The predicted molar refractivity (Wildman–Crippen MR) is 68.9 cm³/mol. The van der Waals surface area contributed by atoms with Gasteiger partial charge in [0.25, 0.3) is 0 Å². The highest BCUT2D eigenvalue weighted by Crippen LogP contribution is 2.22. The standard InChI is InChI=1S/C14H23NO/c1-4-7-14(15-10-5-2)12-8-6-9-13(11-12)16-3/h6,8-9,11,14-15H,4-5,7,10H2,1-3H3. The van der Waals surface area contributed by atoms with Crippen molar-refractivity contribution < 1.29 is 4.74 Å². The van der Waals surface area contributed by atoms with Crippen molar-refractivity contribution in [2.45, 2.75) is 39.2 Å². The van der Waals surface area contributed by atoms with Gasteiger partial charge in [0, 0.05) is 6.04 Å². The third-order valence-electron chi connectivity index (χ3n) is 2.71. The number of rotatable bonds is 7. The molecular weight excluding hydrogens is 198 g/mol. The van der Waals surface area contributed by atoms with Crippen molar-refractivity contribution in [3.8, 4) is 5.75 Å². The normalized spacial score (nSPS) is 12.4. The van der Waals surface area contributed by atoms with Gasteiger partial charge in [-0.15, -0.1) is 0 Å². The fourth-order valence-electron chi connectivity index (χ4n) is 1.85. The molecule has 0 radical (unpaired) electrons. The molecule has 1 aromatic rings. The predicted octanol–water partition coefficient (Wildman–Crippen LogP) is 3.54. The molecule has 0 saturated heterocycles. The van der Waals surface area contributed by atoms with Crippen LogP contribution in [0.2, 0.25) is 0 Å². The van der Waals surface area contributed by atoms with Crippen LogP contribution in [0.3, 0.4) is 0 Å². The van der Waals surface area contributed by atoms with E-state index >= 15 is 0 Å². The van der Waals surface area contributed by atoms with E-state index in [9.17, 15) is 0 Å². The highest BCUT2D eigenvalue weighted by molar-refractivity contribution is 5.30. The Morgan fingerprint density at radius 3 is 2.69 bits per heavy atom. The Morgan fingerprint density at radius 2 is 2.06 bits per heavy atom. The van der Waals surface area contributed by atoms with Crippen molar-refractivity contribution in [1.29, 1.82) is 0 Å². The van der Waals surface area contributed by atoms with Gasteiger partial charge in [-0.2, -0.15) is 0 Å². The summed E-state index contributed by atoms with van der Waals surface area (Å²) >= 11 is 0. The number of hydrogen-bond acceptors (Lipinski definition) is 2. The van der Waals surface area contributed by atoms with Crippen LogP contribution in [0, 0.1) is 0 Å². The maximum atomic E-state index is 5.26. The van der Waals surface area contributed by atoms with Gasteiger partial charge in [-0.3, -0.25) is 0 Å².